The number of hydroxylamine groups is 2. The highest BCUT2D eigenvalue weighted by atomic mass is 16.8. The number of carbonyl (C=O) groups is 3. The number of ether oxygens (including phenoxy) is 4. The molecule has 13 nitrogen and oxygen atoms in total. The summed E-state index contributed by atoms with van der Waals surface area (Å²) in [6, 6.07) is 13.5. The molecule has 0 radical (unpaired) electrons. The molecule has 4 aliphatic rings. The molecule has 2 bridgehead atoms. The Labute approximate surface area is 317 Å². The number of unbranched alkanes of at least 4 members (excludes halogenated alkanes) is 4. The van der Waals surface area contributed by atoms with Gasteiger partial charge in [0.2, 0.25) is 5.91 Å². The third kappa shape index (κ3) is 8.36. The van der Waals surface area contributed by atoms with Crippen LogP contribution in [-0.2, 0) is 46.5 Å². The number of nitrogens with zero attached hydrogens (tertiary/aromatic N) is 1. The van der Waals surface area contributed by atoms with E-state index in [0.717, 1.165) is 49.7 Å². The molecule has 4 N–H and O–H groups in total. The first-order valence-corrected chi connectivity index (χ1v) is 19.5. The van der Waals surface area contributed by atoms with Gasteiger partial charge in [0.15, 0.2) is 11.8 Å². The number of fused-ring (bicyclic) bond motifs is 4. The molecule has 54 heavy (non-hydrogen) atoms. The molecule has 0 unspecified atom stereocenters. The van der Waals surface area contributed by atoms with Gasteiger partial charge in [-0.05, 0) is 47.7 Å². The largest absolute Gasteiger partial charge is 0.499 e. The van der Waals surface area contributed by atoms with E-state index < -0.39 is 47.6 Å². The van der Waals surface area contributed by atoms with Crippen molar-refractivity contribution in [2.24, 2.45) is 5.41 Å². The Balaban J connectivity index is 1.32. The van der Waals surface area contributed by atoms with Gasteiger partial charge in [0.1, 0.15) is 36.4 Å². The zero-order chi connectivity index (χ0) is 38.1. The minimum Gasteiger partial charge on any atom is -0.499 e. The number of amides is 2. The summed E-state index contributed by atoms with van der Waals surface area (Å²) in [4.78, 5) is 48.4. The highest BCUT2D eigenvalue weighted by Gasteiger charge is 2.76. The minimum absolute atomic E-state index is 0.103. The molecule has 0 aromatic heterocycles. The van der Waals surface area contributed by atoms with Crippen molar-refractivity contribution >= 4 is 23.9 Å². The summed E-state index contributed by atoms with van der Waals surface area (Å²) in [5.74, 6) is -2.12. The average Bonchev–Trinajstić information content (AvgIpc) is 3.74. The Bertz CT molecular complexity index is 1630. The molecule has 1 aliphatic carbocycles. The Kier molecular flexibility index (Phi) is 13.4. The Hall–Kier alpha value is -3.85. The summed E-state index contributed by atoms with van der Waals surface area (Å²) in [5.41, 5.74) is 1.38. The van der Waals surface area contributed by atoms with E-state index in [9.17, 15) is 14.4 Å². The Morgan fingerprint density at radius 3 is 2.46 bits per heavy atom. The second kappa shape index (κ2) is 18.2. The van der Waals surface area contributed by atoms with E-state index in [4.69, 9.17) is 34.0 Å². The number of aliphatic hydroxyl groups excluding tert-OH is 2. The number of benzene rings is 2. The monoisotopic (exact) mass is 749 g/mol. The molecular weight excluding hydrogens is 694 g/mol. The summed E-state index contributed by atoms with van der Waals surface area (Å²) in [7, 11) is 0. The second-order valence-corrected chi connectivity index (χ2v) is 14.7. The molecule has 2 amide bonds. The molecule has 2 aromatic rings. The van der Waals surface area contributed by atoms with Crippen molar-refractivity contribution in [1.29, 1.82) is 0 Å². The lowest BCUT2D eigenvalue weighted by atomic mass is 9.62. The number of rotatable bonds is 20. The highest BCUT2D eigenvalue weighted by Crippen LogP contribution is 2.58. The fourth-order valence-electron chi connectivity index (χ4n) is 8.39. The van der Waals surface area contributed by atoms with Gasteiger partial charge >= 0.3 is 5.97 Å². The van der Waals surface area contributed by atoms with Crippen molar-refractivity contribution in [3.8, 4) is 0 Å². The van der Waals surface area contributed by atoms with Crippen LogP contribution in [0, 0.1) is 5.41 Å². The maximum atomic E-state index is 14.8. The van der Waals surface area contributed by atoms with Crippen LogP contribution in [0.1, 0.15) is 98.7 Å². The number of esters is 1. The lowest BCUT2D eigenvalue weighted by molar-refractivity contribution is -0.224. The van der Waals surface area contributed by atoms with E-state index >= 15 is 0 Å². The van der Waals surface area contributed by atoms with Gasteiger partial charge in [0.25, 0.3) is 5.91 Å². The van der Waals surface area contributed by atoms with Gasteiger partial charge in [0, 0.05) is 37.9 Å². The van der Waals surface area contributed by atoms with Crippen molar-refractivity contribution < 1.29 is 48.4 Å². The molecule has 2 aromatic carbocycles. The fourth-order valence-corrected chi connectivity index (χ4v) is 8.39. The minimum atomic E-state index is -1.36. The van der Waals surface area contributed by atoms with E-state index in [2.05, 4.69) is 24.5 Å². The quantitative estimate of drug-likeness (QED) is 0.0874. The van der Waals surface area contributed by atoms with E-state index in [1.165, 1.54) is 6.26 Å². The molecule has 0 spiro atoms. The summed E-state index contributed by atoms with van der Waals surface area (Å²) >= 11 is 0. The lowest BCUT2D eigenvalue weighted by Gasteiger charge is -2.48. The maximum Gasteiger partial charge on any atom is 0.327 e. The fraction of sp³-hybridized carbons (Fsp3) is 0.585. The van der Waals surface area contributed by atoms with Gasteiger partial charge in [-0.3, -0.25) is 19.2 Å². The van der Waals surface area contributed by atoms with Gasteiger partial charge in [-0.2, -0.15) is 5.06 Å². The summed E-state index contributed by atoms with van der Waals surface area (Å²) in [6.07, 6.45) is 8.05. The van der Waals surface area contributed by atoms with Crippen molar-refractivity contribution in [2.45, 2.75) is 121 Å². The number of hydrogen-bond donors (Lipinski definition) is 4. The van der Waals surface area contributed by atoms with E-state index in [0.29, 0.717) is 24.0 Å². The maximum absolute atomic E-state index is 14.8. The van der Waals surface area contributed by atoms with E-state index in [-0.39, 0.29) is 57.7 Å². The van der Waals surface area contributed by atoms with Gasteiger partial charge in [-0.25, -0.2) is 0 Å². The summed E-state index contributed by atoms with van der Waals surface area (Å²) < 4.78 is 25.4. The van der Waals surface area contributed by atoms with Crippen LogP contribution in [-0.4, -0.2) is 95.7 Å². The van der Waals surface area contributed by atoms with E-state index in [1.54, 1.807) is 29.3 Å². The summed E-state index contributed by atoms with van der Waals surface area (Å²) in [5, 5.41) is 25.6. The third-order valence-corrected chi connectivity index (χ3v) is 11.0. The molecule has 6 rings (SSSR count). The molecule has 4 fully saturated rings. The third-order valence-electron chi connectivity index (χ3n) is 11.0. The first-order valence-electron chi connectivity index (χ1n) is 19.5. The van der Waals surface area contributed by atoms with Crippen LogP contribution >= 0.6 is 0 Å². The Morgan fingerprint density at radius 2 is 1.72 bits per heavy atom. The lowest BCUT2D eigenvalue weighted by Crippen LogP contribution is -2.69. The standard InChI is InChI=1S/C41H55N3O10/c1-3-5-9-17-40(18-10-6-4-2)52-33-32-25-41(39(49)43-26-28-12-11-15-30(24-28)37(47)42-19-20-45)35(38(48)51-32)44(54-36(41)34(33)53-40)27-31-14-8-7-13-29(31)16-22-50-23-21-46/h7-8,11-16,22,24,32-36,45-46H,3-6,9-10,17-21,23,25-27H2,1-2H3,(H,42,47)(H,43,49)/t32-,33+,34+,35-,36-,41-/m1/s1. The molecule has 3 heterocycles. The van der Waals surface area contributed by atoms with Crippen LogP contribution in [0.5, 0.6) is 0 Å². The van der Waals surface area contributed by atoms with Crippen molar-refractivity contribution in [3.05, 3.63) is 77.0 Å². The van der Waals surface area contributed by atoms with Crippen molar-refractivity contribution in [2.75, 3.05) is 26.4 Å². The van der Waals surface area contributed by atoms with Gasteiger partial charge < -0.3 is 39.8 Å². The average molecular weight is 750 g/mol. The molecular formula is C41H55N3O10. The van der Waals surface area contributed by atoms with Gasteiger partial charge in [-0.15, -0.1) is 0 Å². The molecule has 6 atom stereocenters. The molecule has 3 saturated heterocycles. The van der Waals surface area contributed by atoms with Crippen LogP contribution in [0.4, 0.5) is 0 Å². The van der Waals surface area contributed by atoms with Crippen molar-refractivity contribution in [1.82, 2.24) is 15.7 Å². The SMILES string of the molecule is CCCCCC1(CCCCC)O[C@@H]2[C@H](O1)[C@H]1ON(Cc3ccccc3C=COCCO)[C@@H]3C(=O)O[C@@H]2C[C@]13C(=O)NCc1cccc(C(=O)NCCO)c1. The number of nitrogens with one attached hydrogen (secondary N) is 2. The van der Waals surface area contributed by atoms with Crippen molar-refractivity contribution in [3.63, 3.8) is 0 Å². The Morgan fingerprint density at radius 1 is 0.963 bits per heavy atom. The first kappa shape index (κ1) is 39.8. The zero-order valence-corrected chi connectivity index (χ0v) is 31.4. The van der Waals surface area contributed by atoms with Crippen LogP contribution in [0.3, 0.4) is 0 Å². The van der Waals surface area contributed by atoms with Crippen LogP contribution < -0.4 is 10.6 Å². The predicted molar refractivity (Wildman–Crippen MR) is 198 cm³/mol. The number of hydrogen-bond acceptors (Lipinski definition) is 11. The van der Waals surface area contributed by atoms with E-state index in [1.807, 2.05) is 30.3 Å². The second-order valence-electron chi connectivity index (χ2n) is 14.7. The zero-order valence-electron chi connectivity index (χ0n) is 31.4. The first-order chi connectivity index (χ1) is 26.3. The highest BCUT2D eigenvalue weighted by molar-refractivity contribution is 5.95. The number of carbonyl (C=O) groups excluding carboxylic acids is 3. The predicted octanol–water partition coefficient (Wildman–Crippen LogP) is 4.15. The van der Waals surface area contributed by atoms with Gasteiger partial charge in [0.05, 0.1) is 26.0 Å². The molecule has 1 saturated carbocycles. The van der Waals surface area contributed by atoms with Gasteiger partial charge in [-0.1, -0.05) is 75.9 Å². The topological polar surface area (TPSA) is 165 Å². The normalized spacial score (nSPS) is 26.7. The molecule has 13 heteroatoms. The van der Waals surface area contributed by atoms with Crippen LogP contribution in [0.25, 0.3) is 6.08 Å². The molecule has 3 aliphatic heterocycles. The number of aliphatic hydroxyl groups is 2. The summed E-state index contributed by atoms with van der Waals surface area (Å²) in [6.45, 7) is 4.58. The van der Waals surface area contributed by atoms with Crippen LogP contribution in [0.15, 0.2) is 54.8 Å². The smallest absolute Gasteiger partial charge is 0.327 e. The van der Waals surface area contributed by atoms with Crippen LogP contribution in [0.2, 0.25) is 0 Å². The molecule has 294 valence electrons.